The summed E-state index contributed by atoms with van der Waals surface area (Å²) < 4.78 is 1.01. The Morgan fingerprint density at radius 1 is 1.37 bits per heavy atom. The van der Waals surface area contributed by atoms with Gasteiger partial charge in [-0.15, -0.1) is 0 Å². The highest BCUT2D eigenvalue weighted by atomic mass is 79.9. The maximum Gasteiger partial charge on any atom is 0.224 e. The van der Waals surface area contributed by atoms with Gasteiger partial charge in [-0.2, -0.15) is 4.98 Å². The molecular weight excluding hydrogens is 304 g/mol. The van der Waals surface area contributed by atoms with Crippen LogP contribution in [0, 0.1) is 11.8 Å². The fraction of sp³-hybridized carbons (Fsp3) is 0.714. The van der Waals surface area contributed by atoms with Crippen LogP contribution in [-0.2, 0) is 0 Å². The van der Waals surface area contributed by atoms with E-state index in [9.17, 15) is 0 Å². The predicted molar refractivity (Wildman–Crippen MR) is 81.6 cm³/mol. The molecule has 0 spiro atoms. The van der Waals surface area contributed by atoms with Crippen molar-refractivity contribution in [3.8, 4) is 0 Å². The van der Waals surface area contributed by atoms with E-state index in [2.05, 4.69) is 43.0 Å². The first-order chi connectivity index (χ1) is 9.28. The Labute approximate surface area is 123 Å². The van der Waals surface area contributed by atoms with Crippen LogP contribution >= 0.6 is 15.9 Å². The summed E-state index contributed by atoms with van der Waals surface area (Å²) in [6, 6.07) is 0. The van der Waals surface area contributed by atoms with Gasteiger partial charge in [0.05, 0.1) is 4.47 Å². The highest BCUT2D eigenvalue weighted by Crippen LogP contribution is 2.40. The van der Waals surface area contributed by atoms with Gasteiger partial charge in [0.25, 0.3) is 0 Å². The number of hydrogen-bond acceptors (Lipinski definition) is 4. The van der Waals surface area contributed by atoms with Crippen molar-refractivity contribution in [1.29, 1.82) is 0 Å². The minimum Gasteiger partial charge on any atom is -0.355 e. The third-order valence-corrected chi connectivity index (χ3v) is 4.84. The molecule has 1 aromatic rings. The van der Waals surface area contributed by atoms with Gasteiger partial charge in [-0.25, -0.2) is 4.98 Å². The molecule has 2 heterocycles. The summed E-state index contributed by atoms with van der Waals surface area (Å²) in [6.07, 6.45) is 7.16. The second-order valence-electron chi connectivity index (χ2n) is 5.65. The van der Waals surface area contributed by atoms with Gasteiger partial charge in [0.15, 0.2) is 0 Å². The molecule has 2 unspecified atom stereocenters. The van der Waals surface area contributed by atoms with Crippen LogP contribution in [0.2, 0.25) is 0 Å². The summed E-state index contributed by atoms with van der Waals surface area (Å²) >= 11 is 3.59. The predicted octanol–water partition coefficient (Wildman–Crippen LogP) is 3.30. The summed E-state index contributed by atoms with van der Waals surface area (Å²) in [5.74, 6) is 3.57. The van der Waals surface area contributed by atoms with E-state index in [0.29, 0.717) is 0 Å². The monoisotopic (exact) mass is 324 g/mol. The molecule has 3 rings (SSSR count). The summed E-state index contributed by atoms with van der Waals surface area (Å²) in [5.41, 5.74) is 0. The lowest BCUT2D eigenvalue weighted by atomic mass is 10.0. The molecular formula is C14H21BrN4. The van der Waals surface area contributed by atoms with E-state index in [1.807, 2.05) is 6.20 Å². The largest absolute Gasteiger partial charge is 0.355 e. The van der Waals surface area contributed by atoms with Gasteiger partial charge in [-0.05, 0) is 47.0 Å². The molecule has 1 aliphatic carbocycles. The third-order valence-electron chi connectivity index (χ3n) is 4.28. The Kier molecular flexibility index (Phi) is 3.91. The Morgan fingerprint density at radius 2 is 2.11 bits per heavy atom. The quantitative estimate of drug-likeness (QED) is 0.922. The van der Waals surface area contributed by atoms with Crippen LogP contribution in [0.15, 0.2) is 10.7 Å². The van der Waals surface area contributed by atoms with Crippen molar-refractivity contribution in [3.63, 3.8) is 0 Å². The molecule has 2 atom stereocenters. The average Bonchev–Trinajstić information content (AvgIpc) is 2.98. The summed E-state index contributed by atoms with van der Waals surface area (Å²) in [5, 5.41) is 3.27. The van der Waals surface area contributed by atoms with Crippen LogP contribution in [0.4, 0.5) is 11.8 Å². The topological polar surface area (TPSA) is 41.1 Å². The van der Waals surface area contributed by atoms with Crippen molar-refractivity contribution in [1.82, 2.24) is 9.97 Å². The molecule has 1 aromatic heterocycles. The van der Waals surface area contributed by atoms with E-state index in [0.717, 1.165) is 54.1 Å². The van der Waals surface area contributed by atoms with Crippen LogP contribution < -0.4 is 10.2 Å². The normalized spacial score (nSPS) is 25.7. The maximum absolute atomic E-state index is 4.68. The Hall–Kier alpha value is -0.840. The number of nitrogens with zero attached hydrogens (tertiary/aromatic N) is 3. The van der Waals surface area contributed by atoms with Gasteiger partial charge in [-0.3, -0.25) is 0 Å². The lowest BCUT2D eigenvalue weighted by Crippen LogP contribution is -2.23. The molecule has 1 saturated heterocycles. The molecule has 0 amide bonds. The fourth-order valence-electron chi connectivity index (χ4n) is 3.31. The van der Waals surface area contributed by atoms with Crippen molar-refractivity contribution >= 4 is 27.7 Å². The third kappa shape index (κ3) is 2.71. The molecule has 0 aromatic carbocycles. The number of hydrogen-bond donors (Lipinski definition) is 1. The van der Waals surface area contributed by atoms with E-state index >= 15 is 0 Å². The molecule has 0 bridgehead atoms. The van der Waals surface area contributed by atoms with E-state index in [1.54, 1.807) is 0 Å². The van der Waals surface area contributed by atoms with Crippen LogP contribution in [-0.4, -0.2) is 29.6 Å². The first-order valence-electron chi connectivity index (χ1n) is 7.29. The van der Waals surface area contributed by atoms with Crippen LogP contribution in [0.3, 0.4) is 0 Å². The van der Waals surface area contributed by atoms with E-state index in [1.165, 1.54) is 19.3 Å². The summed E-state index contributed by atoms with van der Waals surface area (Å²) in [7, 11) is 0. The van der Waals surface area contributed by atoms with Crippen LogP contribution in [0.1, 0.15) is 32.6 Å². The van der Waals surface area contributed by atoms with Gasteiger partial charge >= 0.3 is 0 Å². The molecule has 19 heavy (non-hydrogen) atoms. The van der Waals surface area contributed by atoms with Crippen molar-refractivity contribution < 1.29 is 0 Å². The van der Waals surface area contributed by atoms with Gasteiger partial charge in [0.1, 0.15) is 5.82 Å². The summed E-state index contributed by atoms with van der Waals surface area (Å²) in [6.45, 7) is 5.39. The first kappa shape index (κ1) is 13.2. The molecule has 5 heteroatoms. The molecule has 2 fully saturated rings. The molecule has 2 aliphatic rings. The van der Waals surface area contributed by atoms with Crippen LogP contribution in [0.5, 0.6) is 0 Å². The smallest absolute Gasteiger partial charge is 0.224 e. The second-order valence-corrected chi connectivity index (χ2v) is 6.50. The number of rotatable bonds is 4. The number of nitrogens with one attached hydrogen (secondary N) is 1. The minimum atomic E-state index is 0.747. The number of halogens is 1. The van der Waals surface area contributed by atoms with E-state index in [-0.39, 0.29) is 0 Å². The van der Waals surface area contributed by atoms with E-state index < -0.39 is 0 Å². The van der Waals surface area contributed by atoms with E-state index in [4.69, 9.17) is 0 Å². The lowest BCUT2D eigenvalue weighted by Gasteiger charge is -2.20. The molecule has 104 valence electrons. The van der Waals surface area contributed by atoms with Crippen molar-refractivity contribution in [2.45, 2.75) is 32.6 Å². The Bertz CT molecular complexity index is 439. The van der Waals surface area contributed by atoms with Gasteiger partial charge < -0.3 is 10.2 Å². The van der Waals surface area contributed by atoms with Crippen molar-refractivity contribution in [3.05, 3.63) is 10.7 Å². The van der Waals surface area contributed by atoms with Crippen LogP contribution in [0.25, 0.3) is 0 Å². The van der Waals surface area contributed by atoms with Gasteiger partial charge in [0.2, 0.25) is 5.95 Å². The molecule has 1 aliphatic heterocycles. The molecule has 4 nitrogen and oxygen atoms in total. The average molecular weight is 325 g/mol. The van der Waals surface area contributed by atoms with Crippen molar-refractivity contribution in [2.24, 2.45) is 11.8 Å². The molecule has 1 N–H and O–H groups in total. The maximum atomic E-state index is 4.68. The molecule has 0 radical (unpaired) electrons. The van der Waals surface area contributed by atoms with Gasteiger partial charge in [-0.1, -0.05) is 13.3 Å². The summed E-state index contributed by atoms with van der Waals surface area (Å²) in [4.78, 5) is 11.4. The minimum absolute atomic E-state index is 0.747. The zero-order chi connectivity index (χ0) is 13.2. The Morgan fingerprint density at radius 3 is 2.79 bits per heavy atom. The van der Waals surface area contributed by atoms with Crippen molar-refractivity contribution in [2.75, 3.05) is 29.9 Å². The zero-order valence-corrected chi connectivity index (χ0v) is 13.0. The fourth-order valence-corrected chi connectivity index (χ4v) is 3.75. The highest BCUT2D eigenvalue weighted by Gasteiger charge is 2.37. The zero-order valence-electron chi connectivity index (χ0n) is 11.4. The first-order valence-corrected chi connectivity index (χ1v) is 8.08. The number of fused-ring (bicyclic) bond motifs is 1. The number of anilines is 2. The SMILES string of the molecule is CCCNc1ncc(Br)c(N2CC3CCCC3C2)n1. The Balaban J connectivity index is 1.76. The second kappa shape index (κ2) is 5.65. The standard InChI is InChI=1S/C14H21BrN4/c1-2-6-16-14-17-7-12(15)13(18-14)19-8-10-4-3-5-11(10)9-19/h7,10-11H,2-6,8-9H2,1H3,(H,16,17,18). The number of aromatic nitrogens is 2. The van der Waals surface area contributed by atoms with Gasteiger partial charge in [0, 0.05) is 25.8 Å². The lowest BCUT2D eigenvalue weighted by molar-refractivity contribution is 0.494. The highest BCUT2D eigenvalue weighted by molar-refractivity contribution is 9.10. The molecule has 1 saturated carbocycles.